The minimum atomic E-state index is -0.457. The molecule has 0 spiro atoms. The fraction of sp³-hybridized carbons (Fsp3) is 0.111. The minimum Gasteiger partial charge on any atom is -0.465 e. The summed E-state index contributed by atoms with van der Waals surface area (Å²) >= 11 is 9.06. The molecule has 78 valence electrons. The Morgan fingerprint density at radius 1 is 1.60 bits per heavy atom. The van der Waals surface area contributed by atoms with Gasteiger partial charge in [-0.05, 0) is 28.1 Å². The van der Waals surface area contributed by atoms with Crippen LogP contribution in [-0.4, -0.2) is 23.0 Å². The molecule has 0 aliphatic heterocycles. The second-order valence-electron chi connectivity index (χ2n) is 2.87. The molecule has 0 saturated carbocycles. The molecule has 1 N–H and O–H groups in total. The van der Waals surface area contributed by atoms with Crippen LogP contribution in [0.3, 0.4) is 0 Å². The molecule has 0 aliphatic rings. The van der Waals surface area contributed by atoms with E-state index in [0.29, 0.717) is 26.4 Å². The lowest BCUT2D eigenvalue weighted by molar-refractivity contribution is 0.0603. The van der Waals surface area contributed by atoms with E-state index in [-0.39, 0.29) is 0 Å². The van der Waals surface area contributed by atoms with Crippen molar-refractivity contribution in [2.45, 2.75) is 0 Å². The van der Waals surface area contributed by atoms with Crippen LogP contribution in [0, 0.1) is 0 Å². The lowest BCUT2D eigenvalue weighted by Gasteiger charge is -2.00. The first-order valence-electron chi connectivity index (χ1n) is 4.05. The first kappa shape index (κ1) is 10.4. The molecule has 0 amide bonds. The van der Waals surface area contributed by atoms with Crippen molar-refractivity contribution in [1.29, 1.82) is 0 Å². The molecule has 1 heterocycles. The standard InChI is InChI=1S/C9H6BrClN2O2/c1-15-8(14)5-2-4(11)3-6-7(5)13-9(10)12-6/h2-3H,1H3,(H,12,13). The number of carbonyl (C=O) groups is 1. The summed E-state index contributed by atoms with van der Waals surface area (Å²) in [4.78, 5) is 18.5. The summed E-state index contributed by atoms with van der Waals surface area (Å²) in [5.41, 5.74) is 1.58. The monoisotopic (exact) mass is 288 g/mol. The molecule has 1 aromatic carbocycles. The topological polar surface area (TPSA) is 55.0 Å². The van der Waals surface area contributed by atoms with Crippen LogP contribution in [0.4, 0.5) is 0 Å². The number of aromatic amines is 1. The van der Waals surface area contributed by atoms with Gasteiger partial charge < -0.3 is 9.72 Å². The van der Waals surface area contributed by atoms with Crippen molar-refractivity contribution in [2.24, 2.45) is 0 Å². The van der Waals surface area contributed by atoms with Gasteiger partial charge in [0.25, 0.3) is 0 Å². The molecule has 1 aromatic heterocycles. The van der Waals surface area contributed by atoms with Crippen molar-refractivity contribution in [3.8, 4) is 0 Å². The summed E-state index contributed by atoms with van der Waals surface area (Å²) in [6.07, 6.45) is 0. The largest absolute Gasteiger partial charge is 0.465 e. The van der Waals surface area contributed by atoms with E-state index >= 15 is 0 Å². The highest BCUT2D eigenvalue weighted by atomic mass is 79.9. The van der Waals surface area contributed by atoms with E-state index < -0.39 is 5.97 Å². The minimum absolute atomic E-state index is 0.349. The summed E-state index contributed by atoms with van der Waals surface area (Å²) in [7, 11) is 1.32. The highest BCUT2D eigenvalue weighted by molar-refractivity contribution is 9.10. The van der Waals surface area contributed by atoms with Gasteiger partial charge in [-0.15, -0.1) is 0 Å². The molecule has 0 radical (unpaired) electrons. The zero-order chi connectivity index (χ0) is 11.0. The highest BCUT2D eigenvalue weighted by Gasteiger charge is 2.14. The first-order valence-corrected chi connectivity index (χ1v) is 5.22. The molecule has 15 heavy (non-hydrogen) atoms. The lowest BCUT2D eigenvalue weighted by atomic mass is 10.2. The molecule has 0 bridgehead atoms. The van der Waals surface area contributed by atoms with Gasteiger partial charge >= 0.3 is 5.97 Å². The number of esters is 1. The van der Waals surface area contributed by atoms with Gasteiger partial charge in [-0.1, -0.05) is 11.6 Å². The van der Waals surface area contributed by atoms with Gasteiger partial charge in [0, 0.05) is 5.02 Å². The maximum absolute atomic E-state index is 11.4. The Balaban J connectivity index is 2.75. The van der Waals surface area contributed by atoms with Gasteiger partial charge in [0.15, 0.2) is 4.73 Å². The average molecular weight is 290 g/mol. The molecular formula is C9H6BrClN2O2. The van der Waals surface area contributed by atoms with E-state index in [1.807, 2.05) is 0 Å². The molecule has 0 atom stereocenters. The number of aromatic nitrogens is 2. The number of hydrogen-bond acceptors (Lipinski definition) is 3. The molecule has 2 rings (SSSR count). The van der Waals surface area contributed by atoms with Crippen LogP contribution in [-0.2, 0) is 4.74 Å². The number of rotatable bonds is 1. The van der Waals surface area contributed by atoms with Crippen LogP contribution >= 0.6 is 27.5 Å². The lowest BCUT2D eigenvalue weighted by Crippen LogP contribution is -2.02. The SMILES string of the molecule is COC(=O)c1cc(Cl)cc2[nH]c(Br)nc12. The quantitative estimate of drug-likeness (QED) is 0.821. The number of benzene rings is 1. The first-order chi connectivity index (χ1) is 7.11. The summed E-state index contributed by atoms with van der Waals surface area (Å²) in [6.45, 7) is 0. The number of fused-ring (bicyclic) bond motifs is 1. The number of hydrogen-bond donors (Lipinski definition) is 1. The number of ether oxygens (including phenoxy) is 1. The Morgan fingerprint density at radius 3 is 3.00 bits per heavy atom. The van der Waals surface area contributed by atoms with E-state index in [2.05, 4.69) is 30.6 Å². The third-order valence-corrected chi connectivity index (χ3v) is 2.52. The number of imidazole rings is 1. The number of nitrogens with one attached hydrogen (secondary N) is 1. The van der Waals surface area contributed by atoms with Crippen molar-refractivity contribution < 1.29 is 9.53 Å². The Kier molecular flexibility index (Phi) is 2.67. The van der Waals surface area contributed by atoms with E-state index in [9.17, 15) is 4.79 Å². The van der Waals surface area contributed by atoms with Gasteiger partial charge in [-0.25, -0.2) is 9.78 Å². The van der Waals surface area contributed by atoms with Crippen LogP contribution in [0.2, 0.25) is 5.02 Å². The number of carbonyl (C=O) groups excluding carboxylic acids is 1. The van der Waals surface area contributed by atoms with Gasteiger partial charge in [0.2, 0.25) is 0 Å². The van der Waals surface area contributed by atoms with E-state index in [0.717, 1.165) is 0 Å². The van der Waals surface area contributed by atoms with Crippen molar-refractivity contribution >= 4 is 44.5 Å². The van der Waals surface area contributed by atoms with E-state index in [4.69, 9.17) is 11.6 Å². The summed E-state index contributed by atoms with van der Waals surface area (Å²) in [6, 6.07) is 3.23. The highest BCUT2D eigenvalue weighted by Crippen LogP contribution is 2.24. The average Bonchev–Trinajstić information content (AvgIpc) is 2.55. The predicted molar refractivity (Wildman–Crippen MR) is 60.1 cm³/mol. The van der Waals surface area contributed by atoms with Crippen LogP contribution < -0.4 is 0 Å². The Labute approximate surface area is 98.7 Å². The predicted octanol–water partition coefficient (Wildman–Crippen LogP) is 2.77. The summed E-state index contributed by atoms with van der Waals surface area (Å²) in [5, 5.41) is 0.457. The molecular weight excluding hydrogens is 283 g/mol. The van der Waals surface area contributed by atoms with Crippen LogP contribution in [0.1, 0.15) is 10.4 Å². The fourth-order valence-electron chi connectivity index (χ4n) is 1.32. The number of halogens is 2. The number of nitrogens with zero attached hydrogens (tertiary/aromatic N) is 1. The van der Waals surface area contributed by atoms with Gasteiger partial charge in [0.05, 0.1) is 18.2 Å². The third-order valence-electron chi connectivity index (χ3n) is 1.93. The van der Waals surface area contributed by atoms with Crippen LogP contribution in [0.15, 0.2) is 16.9 Å². The van der Waals surface area contributed by atoms with Crippen molar-refractivity contribution in [3.63, 3.8) is 0 Å². The maximum atomic E-state index is 11.4. The normalized spacial score (nSPS) is 10.6. The van der Waals surface area contributed by atoms with Gasteiger partial charge in [-0.3, -0.25) is 0 Å². The Hall–Kier alpha value is -1.07. The second kappa shape index (κ2) is 3.83. The Bertz CT molecular complexity index is 538. The van der Waals surface area contributed by atoms with E-state index in [1.54, 1.807) is 6.07 Å². The zero-order valence-corrected chi connectivity index (χ0v) is 10.0. The smallest absolute Gasteiger partial charge is 0.340 e. The van der Waals surface area contributed by atoms with Crippen LogP contribution in [0.5, 0.6) is 0 Å². The number of H-pyrrole nitrogens is 1. The molecule has 2 aromatic rings. The summed E-state index contributed by atoms with van der Waals surface area (Å²) in [5.74, 6) is -0.457. The van der Waals surface area contributed by atoms with Crippen molar-refractivity contribution in [2.75, 3.05) is 7.11 Å². The van der Waals surface area contributed by atoms with E-state index in [1.165, 1.54) is 13.2 Å². The van der Waals surface area contributed by atoms with Gasteiger partial charge in [0.1, 0.15) is 5.52 Å². The molecule has 0 fully saturated rings. The fourth-order valence-corrected chi connectivity index (χ4v) is 1.93. The third kappa shape index (κ3) is 1.85. The van der Waals surface area contributed by atoms with Gasteiger partial charge in [-0.2, -0.15) is 0 Å². The Morgan fingerprint density at radius 2 is 2.33 bits per heavy atom. The molecule has 4 nitrogen and oxygen atoms in total. The molecule has 0 unspecified atom stereocenters. The maximum Gasteiger partial charge on any atom is 0.340 e. The molecule has 6 heteroatoms. The summed E-state index contributed by atoms with van der Waals surface area (Å²) < 4.78 is 5.19. The second-order valence-corrected chi connectivity index (χ2v) is 4.06. The zero-order valence-electron chi connectivity index (χ0n) is 7.67. The molecule has 0 aliphatic carbocycles. The number of methoxy groups -OCH3 is 1. The molecule has 0 saturated heterocycles. The van der Waals surface area contributed by atoms with Crippen molar-refractivity contribution in [3.05, 3.63) is 27.5 Å². The van der Waals surface area contributed by atoms with Crippen molar-refractivity contribution in [1.82, 2.24) is 9.97 Å². The van der Waals surface area contributed by atoms with Crippen LogP contribution in [0.25, 0.3) is 11.0 Å².